The van der Waals surface area contributed by atoms with Crippen LogP contribution in [0, 0.1) is 0 Å². The zero-order valence-corrected chi connectivity index (χ0v) is 9.21. The van der Waals surface area contributed by atoms with Gasteiger partial charge < -0.3 is 0 Å². The van der Waals surface area contributed by atoms with Crippen molar-refractivity contribution in [2.75, 3.05) is 6.54 Å². The molecule has 1 aliphatic heterocycles. The first-order valence-electron chi connectivity index (χ1n) is 5.93. The lowest BCUT2D eigenvalue weighted by Gasteiger charge is -2.21. The maximum atomic E-state index is 4.01. The number of likely N-dealkylation sites (tertiary alicyclic amines) is 1. The van der Waals surface area contributed by atoms with E-state index in [1.165, 1.54) is 37.8 Å². The number of hydrogen-bond acceptors (Lipinski definition) is 1. The highest BCUT2D eigenvalue weighted by Gasteiger charge is 2.35. The van der Waals surface area contributed by atoms with Crippen LogP contribution in [0.1, 0.15) is 39.0 Å². The number of hydrogen-bond donors (Lipinski definition) is 0. The van der Waals surface area contributed by atoms with E-state index in [-0.39, 0.29) is 0 Å². The topological polar surface area (TPSA) is 3.24 Å². The second kappa shape index (κ2) is 4.31. The van der Waals surface area contributed by atoms with Crippen molar-refractivity contribution in [3.8, 4) is 0 Å². The van der Waals surface area contributed by atoms with E-state index >= 15 is 0 Å². The van der Waals surface area contributed by atoms with Gasteiger partial charge in [0, 0.05) is 12.1 Å². The third kappa shape index (κ3) is 2.27. The summed E-state index contributed by atoms with van der Waals surface area (Å²) in [7, 11) is 0. The molecule has 1 unspecified atom stereocenters. The standard InChI is InChI=1S/C13H21N/c1-3-11(2)6-7-12-5-4-10-14(12)13-8-9-13/h6-7,12-13H,2-5,8-10H2,1H3/b7-6+. The minimum atomic E-state index is 0.714. The molecular weight excluding hydrogens is 170 g/mol. The van der Waals surface area contributed by atoms with Gasteiger partial charge in [-0.05, 0) is 38.6 Å². The molecule has 0 amide bonds. The van der Waals surface area contributed by atoms with Gasteiger partial charge in [0.25, 0.3) is 0 Å². The SMILES string of the molecule is C=C(/C=C/C1CCCN1C1CC1)CC. The molecule has 0 aromatic heterocycles. The monoisotopic (exact) mass is 191 g/mol. The second-order valence-electron chi connectivity index (χ2n) is 4.55. The Kier molecular flexibility index (Phi) is 3.07. The quantitative estimate of drug-likeness (QED) is 0.617. The van der Waals surface area contributed by atoms with Gasteiger partial charge in [0.15, 0.2) is 0 Å². The fraction of sp³-hybridized carbons (Fsp3) is 0.692. The summed E-state index contributed by atoms with van der Waals surface area (Å²) >= 11 is 0. The number of nitrogens with zero attached hydrogens (tertiary/aromatic N) is 1. The van der Waals surface area contributed by atoms with Crippen molar-refractivity contribution >= 4 is 0 Å². The second-order valence-corrected chi connectivity index (χ2v) is 4.55. The number of rotatable bonds is 4. The summed E-state index contributed by atoms with van der Waals surface area (Å²) in [6.07, 6.45) is 11.3. The Bertz CT molecular complexity index is 238. The van der Waals surface area contributed by atoms with Crippen LogP contribution < -0.4 is 0 Å². The van der Waals surface area contributed by atoms with Crippen molar-refractivity contribution < 1.29 is 0 Å². The lowest BCUT2D eigenvalue weighted by Crippen LogP contribution is -2.29. The molecule has 0 bridgehead atoms. The Hall–Kier alpha value is -0.560. The molecule has 1 atom stereocenters. The van der Waals surface area contributed by atoms with Crippen LogP contribution in [0.3, 0.4) is 0 Å². The molecule has 1 heterocycles. The highest BCUT2D eigenvalue weighted by molar-refractivity contribution is 5.17. The van der Waals surface area contributed by atoms with Crippen molar-refractivity contribution in [3.63, 3.8) is 0 Å². The summed E-state index contributed by atoms with van der Waals surface area (Å²) in [4.78, 5) is 2.68. The zero-order chi connectivity index (χ0) is 9.97. The summed E-state index contributed by atoms with van der Waals surface area (Å²) in [5.41, 5.74) is 1.26. The zero-order valence-electron chi connectivity index (χ0n) is 9.21. The average Bonchev–Trinajstić information content (AvgIpc) is 2.94. The van der Waals surface area contributed by atoms with Crippen LogP contribution in [0.2, 0.25) is 0 Å². The van der Waals surface area contributed by atoms with Gasteiger partial charge in [-0.1, -0.05) is 31.2 Å². The summed E-state index contributed by atoms with van der Waals surface area (Å²) in [5.74, 6) is 0. The maximum absolute atomic E-state index is 4.01. The fourth-order valence-corrected chi connectivity index (χ4v) is 2.25. The van der Waals surface area contributed by atoms with Gasteiger partial charge in [-0.15, -0.1) is 0 Å². The maximum Gasteiger partial charge on any atom is 0.0284 e. The molecule has 1 saturated heterocycles. The van der Waals surface area contributed by atoms with Crippen LogP contribution in [-0.2, 0) is 0 Å². The van der Waals surface area contributed by atoms with E-state index in [0.29, 0.717) is 6.04 Å². The van der Waals surface area contributed by atoms with E-state index in [4.69, 9.17) is 0 Å². The van der Waals surface area contributed by atoms with Crippen molar-refractivity contribution in [2.45, 2.75) is 51.1 Å². The Labute approximate surface area is 87.5 Å². The van der Waals surface area contributed by atoms with Crippen LogP contribution in [0.4, 0.5) is 0 Å². The molecule has 1 aliphatic carbocycles. The van der Waals surface area contributed by atoms with Gasteiger partial charge in [0.05, 0.1) is 0 Å². The minimum absolute atomic E-state index is 0.714. The van der Waals surface area contributed by atoms with E-state index in [0.717, 1.165) is 12.5 Å². The van der Waals surface area contributed by atoms with E-state index in [1.807, 2.05) is 0 Å². The smallest absolute Gasteiger partial charge is 0.0284 e. The van der Waals surface area contributed by atoms with Crippen molar-refractivity contribution in [1.29, 1.82) is 0 Å². The first kappa shape index (κ1) is 9.97. The molecule has 0 aromatic rings. The van der Waals surface area contributed by atoms with Gasteiger partial charge in [-0.2, -0.15) is 0 Å². The Balaban J connectivity index is 1.89. The molecule has 2 rings (SSSR count). The third-order valence-electron chi connectivity index (χ3n) is 3.37. The van der Waals surface area contributed by atoms with E-state index in [2.05, 4.69) is 30.6 Å². The minimum Gasteiger partial charge on any atom is -0.294 e. The Morgan fingerprint density at radius 3 is 2.86 bits per heavy atom. The molecule has 1 nitrogen and oxygen atoms in total. The summed E-state index contributed by atoms with van der Waals surface area (Å²) in [6.45, 7) is 7.50. The highest BCUT2D eigenvalue weighted by Crippen LogP contribution is 2.33. The molecule has 0 spiro atoms. The lowest BCUT2D eigenvalue weighted by atomic mass is 10.1. The predicted molar refractivity (Wildman–Crippen MR) is 61.3 cm³/mol. The molecule has 2 fully saturated rings. The summed E-state index contributed by atoms with van der Waals surface area (Å²) in [6, 6.07) is 1.63. The molecule has 14 heavy (non-hydrogen) atoms. The van der Waals surface area contributed by atoms with Crippen molar-refractivity contribution in [2.24, 2.45) is 0 Å². The molecule has 1 heteroatoms. The fourth-order valence-electron chi connectivity index (χ4n) is 2.25. The van der Waals surface area contributed by atoms with Crippen molar-refractivity contribution in [3.05, 3.63) is 24.3 Å². The lowest BCUT2D eigenvalue weighted by molar-refractivity contribution is 0.279. The Morgan fingerprint density at radius 1 is 1.43 bits per heavy atom. The molecule has 0 radical (unpaired) electrons. The highest BCUT2D eigenvalue weighted by atomic mass is 15.2. The van der Waals surface area contributed by atoms with Crippen LogP contribution in [0.25, 0.3) is 0 Å². The van der Waals surface area contributed by atoms with E-state index in [9.17, 15) is 0 Å². The molecule has 0 N–H and O–H groups in total. The molecule has 2 aliphatic rings. The van der Waals surface area contributed by atoms with Crippen LogP contribution >= 0.6 is 0 Å². The van der Waals surface area contributed by atoms with Gasteiger partial charge in [-0.3, -0.25) is 4.90 Å². The van der Waals surface area contributed by atoms with Crippen LogP contribution in [0.5, 0.6) is 0 Å². The van der Waals surface area contributed by atoms with Gasteiger partial charge >= 0.3 is 0 Å². The average molecular weight is 191 g/mol. The Morgan fingerprint density at radius 2 is 2.21 bits per heavy atom. The van der Waals surface area contributed by atoms with E-state index in [1.54, 1.807) is 0 Å². The molecule has 78 valence electrons. The first-order chi connectivity index (χ1) is 6.81. The van der Waals surface area contributed by atoms with Gasteiger partial charge in [-0.25, -0.2) is 0 Å². The third-order valence-corrected chi connectivity index (χ3v) is 3.37. The van der Waals surface area contributed by atoms with Crippen LogP contribution in [-0.4, -0.2) is 23.5 Å². The van der Waals surface area contributed by atoms with E-state index < -0.39 is 0 Å². The summed E-state index contributed by atoms with van der Waals surface area (Å²) < 4.78 is 0. The number of allylic oxidation sites excluding steroid dienone is 2. The van der Waals surface area contributed by atoms with Crippen molar-refractivity contribution in [1.82, 2.24) is 4.90 Å². The molecular formula is C13H21N. The molecule has 1 saturated carbocycles. The van der Waals surface area contributed by atoms with Crippen LogP contribution in [0.15, 0.2) is 24.3 Å². The molecule has 0 aromatic carbocycles. The van der Waals surface area contributed by atoms with Gasteiger partial charge in [0.1, 0.15) is 0 Å². The largest absolute Gasteiger partial charge is 0.294 e. The normalized spacial score (nSPS) is 28.8. The summed E-state index contributed by atoms with van der Waals surface area (Å²) in [5, 5.41) is 0. The first-order valence-corrected chi connectivity index (χ1v) is 5.93. The van der Waals surface area contributed by atoms with Gasteiger partial charge in [0.2, 0.25) is 0 Å². The predicted octanol–water partition coefficient (Wildman–Crippen LogP) is 3.14.